The average molecular weight is 340 g/mol. The Kier molecular flexibility index (Phi) is 4.86. The lowest BCUT2D eigenvalue weighted by Crippen LogP contribution is -2.38. The van der Waals surface area contributed by atoms with E-state index in [0.717, 1.165) is 30.4 Å². The van der Waals surface area contributed by atoms with Gasteiger partial charge in [0.25, 0.3) is 0 Å². The third kappa shape index (κ3) is 4.06. The van der Waals surface area contributed by atoms with Crippen LogP contribution in [0.4, 0.5) is 0 Å². The number of benzene rings is 1. The van der Waals surface area contributed by atoms with Gasteiger partial charge < -0.3 is 4.84 Å². The minimum atomic E-state index is -0.443. The molecule has 0 bridgehead atoms. The molecule has 20 heavy (non-hydrogen) atoms. The Bertz CT molecular complexity index is 474. The molecule has 0 aliphatic carbocycles. The minimum Gasteiger partial charge on any atom is -0.367 e. The van der Waals surface area contributed by atoms with Gasteiger partial charge in [-0.05, 0) is 57.2 Å². The fourth-order valence-electron chi connectivity index (χ4n) is 2.30. The van der Waals surface area contributed by atoms with Gasteiger partial charge in [0.1, 0.15) is 0 Å². The Balaban J connectivity index is 1.88. The van der Waals surface area contributed by atoms with Gasteiger partial charge in [0, 0.05) is 17.6 Å². The van der Waals surface area contributed by atoms with Crippen LogP contribution in [-0.4, -0.2) is 24.1 Å². The van der Waals surface area contributed by atoms with Gasteiger partial charge in [-0.1, -0.05) is 28.1 Å². The summed E-state index contributed by atoms with van der Waals surface area (Å²) in [5, 5.41) is 1.81. The molecule has 110 valence electrons. The van der Waals surface area contributed by atoms with Gasteiger partial charge in [-0.2, -0.15) is 0 Å². The van der Waals surface area contributed by atoms with Crippen molar-refractivity contribution in [3.63, 3.8) is 0 Å². The molecule has 0 saturated carbocycles. The number of hydroxylamine groups is 2. The number of piperidine rings is 1. The van der Waals surface area contributed by atoms with Crippen molar-refractivity contribution in [2.75, 3.05) is 13.1 Å². The van der Waals surface area contributed by atoms with Crippen LogP contribution in [0.25, 0.3) is 0 Å². The van der Waals surface area contributed by atoms with E-state index >= 15 is 0 Å². The van der Waals surface area contributed by atoms with Crippen LogP contribution < -0.4 is 0 Å². The summed E-state index contributed by atoms with van der Waals surface area (Å²) in [6, 6.07) is 8.48. The first-order valence-electron chi connectivity index (χ1n) is 7.09. The number of rotatable bonds is 2. The highest BCUT2D eigenvalue weighted by Gasteiger charge is 2.28. The first-order valence-corrected chi connectivity index (χ1v) is 7.88. The molecule has 0 unspecified atom stereocenters. The molecule has 1 heterocycles. The predicted molar refractivity (Wildman–Crippen MR) is 83.2 cm³/mol. The van der Waals surface area contributed by atoms with Crippen LogP contribution in [0.15, 0.2) is 28.7 Å². The van der Waals surface area contributed by atoms with Gasteiger partial charge in [-0.25, -0.2) is 4.79 Å². The molecule has 3 nitrogen and oxygen atoms in total. The number of nitrogens with zero attached hydrogens (tertiary/aromatic N) is 1. The highest BCUT2D eigenvalue weighted by Crippen LogP contribution is 2.30. The predicted octanol–water partition coefficient (Wildman–Crippen LogP) is 4.13. The van der Waals surface area contributed by atoms with Crippen molar-refractivity contribution < 1.29 is 9.63 Å². The highest BCUT2D eigenvalue weighted by molar-refractivity contribution is 9.10. The van der Waals surface area contributed by atoms with Crippen LogP contribution in [-0.2, 0) is 9.63 Å². The van der Waals surface area contributed by atoms with Gasteiger partial charge >= 0.3 is 5.97 Å². The zero-order valence-corrected chi connectivity index (χ0v) is 13.9. The van der Waals surface area contributed by atoms with Crippen molar-refractivity contribution in [1.29, 1.82) is 0 Å². The first-order chi connectivity index (χ1) is 9.36. The molecule has 1 aliphatic rings. The summed E-state index contributed by atoms with van der Waals surface area (Å²) in [6.07, 6.45) is 2.04. The third-order valence-electron chi connectivity index (χ3n) is 3.60. The van der Waals surface area contributed by atoms with Crippen LogP contribution in [0.1, 0.15) is 45.1 Å². The van der Waals surface area contributed by atoms with Gasteiger partial charge in [0.15, 0.2) is 0 Å². The van der Waals surface area contributed by atoms with E-state index in [-0.39, 0.29) is 5.97 Å². The average Bonchev–Trinajstić information content (AvgIpc) is 2.38. The maximum Gasteiger partial charge on any atom is 0.330 e. The Morgan fingerprint density at radius 1 is 1.30 bits per heavy atom. The summed E-state index contributed by atoms with van der Waals surface area (Å²) >= 11 is 3.52. The smallest absolute Gasteiger partial charge is 0.330 e. The molecule has 4 heteroatoms. The van der Waals surface area contributed by atoms with Crippen molar-refractivity contribution in [3.8, 4) is 0 Å². The van der Waals surface area contributed by atoms with Crippen LogP contribution in [0.3, 0.4) is 0 Å². The zero-order valence-electron chi connectivity index (χ0n) is 12.4. The molecule has 1 aliphatic heterocycles. The standard InChI is InChI=1S/C16H22BrNO2/c1-16(2,3)15(19)20-18-9-7-12(8-10-18)13-5-4-6-14(17)11-13/h4-6,11-12H,7-10H2,1-3H3. The summed E-state index contributed by atoms with van der Waals surface area (Å²) in [7, 11) is 0. The maximum atomic E-state index is 11.9. The fourth-order valence-corrected chi connectivity index (χ4v) is 2.71. The monoisotopic (exact) mass is 339 g/mol. The molecule has 1 fully saturated rings. The van der Waals surface area contributed by atoms with E-state index in [2.05, 4.69) is 34.1 Å². The maximum absolute atomic E-state index is 11.9. The molecular formula is C16H22BrNO2. The van der Waals surface area contributed by atoms with Crippen LogP contribution >= 0.6 is 15.9 Å². The summed E-state index contributed by atoms with van der Waals surface area (Å²) in [5.41, 5.74) is 0.919. The first kappa shape index (κ1) is 15.5. The number of carbonyl (C=O) groups excluding carboxylic acids is 1. The number of carbonyl (C=O) groups is 1. The van der Waals surface area contributed by atoms with Crippen LogP contribution in [0.2, 0.25) is 0 Å². The molecule has 2 rings (SSSR count). The van der Waals surface area contributed by atoms with Crippen molar-refractivity contribution in [1.82, 2.24) is 5.06 Å². The second-order valence-corrected chi connectivity index (χ2v) is 7.30. The van der Waals surface area contributed by atoms with Crippen molar-refractivity contribution in [3.05, 3.63) is 34.3 Å². The van der Waals surface area contributed by atoms with E-state index in [0.29, 0.717) is 5.92 Å². The number of halogens is 1. The summed E-state index contributed by atoms with van der Waals surface area (Å²) in [6.45, 7) is 7.24. The Morgan fingerprint density at radius 3 is 2.50 bits per heavy atom. The normalized spacial score (nSPS) is 18.0. The largest absolute Gasteiger partial charge is 0.367 e. The Labute approximate surface area is 129 Å². The SMILES string of the molecule is CC(C)(C)C(=O)ON1CCC(c2cccc(Br)c2)CC1. The molecular weight excluding hydrogens is 318 g/mol. The van der Waals surface area contributed by atoms with E-state index in [1.54, 1.807) is 0 Å². The summed E-state index contributed by atoms with van der Waals surface area (Å²) in [5.74, 6) is 0.399. The lowest BCUT2D eigenvalue weighted by Gasteiger charge is -2.32. The molecule has 0 radical (unpaired) electrons. The second-order valence-electron chi connectivity index (χ2n) is 6.39. The van der Waals surface area contributed by atoms with Gasteiger partial charge in [0.05, 0.1) is 5.41 Å². The van der Waals surface area contributed by atoms with E-state index in [9.17, 15) is 4.79 Å². The molecule has 0 N–H and O–H groups in total. The molecule has 0 spiro atoms. The molecule has 0 atom stereocenters. The van der Waals surface area contributed by atoms with Crippen molar-refractivity contribution in [2.45, 2.75) is 39.5 Å². The Hall–Kier alpha value is -0.870. The summed E-state index contributed by atoms with van der Waals surface area (Å²) < 4.78 is 1.12. The number of hydrogen-bond acceptors (Lipinski definition) is 3. The van der Waals surface area contributed by atoms with E-state index in [1.165, 1.54) is 5.56 Å². The summed E-state index contributed by atoms with van der Waals surface area (Å²) in [4.78, 5) is 17.3. The molecule has 0 amide bonds. The molecule has 1 saturated heterocycles. The van der Waals surface area contributed by atoms with Crippen molar-refractivity contribution in [2.24, 2.45) is 5.41 Å². The molecule has 1 aromatic carbocycles. The third-order valence-corrected chi connectivity index (χ3v) is 4.09. The van der Waals surface area contributed by atoms with Gasteiger partial charge in [-0.3, -0.25) is 0 Å². The fraction of sp³-hybridized carbons (Fsp3) is 0.562. The highest BCUT2D eigenvalue weighted by atomic mass is 79.9. The number of hydrogen-bond donors (Lipinski definition) is 0. The topological polar surface area (TPSA) is 29.5 Å². The minimum absolute atomic E-state index is 0.154. The van der Waals surface area contributed by atoms with Crippen molar-refractivity contribution >= 4 is 21.9 Å². The molecule has 0 aromatic heterocycles. The van der Waals surface area contributed by atoms with E-state index in [4.69, 9.17) is 4.84 Å². The Morgan fingerprint density at radius 2 is 1.95 bits per heavy atom. The molecule has 1 aromatic rings. The quantitative estimate of drug-likeness (QED) is 0.811. The zero-order chi connectivity index (χ0) is 14.8. The van der Waals surface area contributed by atoms with Crippen LogP contribution in [0.5, 0.6) is 0 Å². The van der Waals surface area contributed by atoms with Crippen LogP contribution in [0, 0.1) is 5.41 Å². The lowest BCUT2D eigenvalue weighted by molar-refractivity contribution is -0.204. The second kappa shape index (κ2) is 6.27. The lowest BCUT2D eigenvalue weighted by atomic mass is 9.90. The van der Waals surface area contributed by atoms with E-state index < -0.39 is 5.41 Å². The van der Waals surface area contributed by atoms with Gasteiger partial charge in [0.2, 0.25) is 0 Å². The van der Waals surface area contributed by atoms with Gasteiger partial charge in [-0.15, -0.1) is 5.06 Å². The van der Waals surface area contributed by atoms with E-state index in [1.807, 2.05) is 31.9 Å².